The number of pyridine rings is 1. The van der Waals surface area contributed by atoms with Gasteiger partial charge < -0.3 is 4.90 Å². The molecule has 0 aliphatic carbocycles. The minimum Gasteiger partial charge on any atom is -0.335 e. The molecule has 0 spiro atoms. The van der Waals surface area contributed by atoms with Gasteiger partial charge in [-0.1, -0.05) is 36.9 Å². The molecule has 1 aliphatic rings. The highest BCUT2D eigenvalue weighted by molar-refractivity contribution is 7.99. The molecule has 0 saturated heterocycles. The fourth-order valence-electron chi connectivity index (χ4n) is 4.42. The van der Waals surface area contributed by atoms with Gasteiger partial charge in [0.25, 0.3) is 0 Å². The second-order valence-corrected chi connectivity index (χ2v) is 9.96. The van der Waals surface area contributed by atoms with Crippen molar-refractivity contribution in [3.05, 3.63) is 76.2 Å². The number of thiophene rings is 1. The molecule has 0 bridgehead atoms. The highest BCUT2D eigenvalue weighted by atomic mass is 32.2. The summed E-state index contributed by atoms with van der Waals surface area (Å²) in [6.07, 6.45) is 5.39. The topological polar surface area (TPSA) is 63.9 Å². The highest BCUT2D eigenvalue weighted by Crippen LogP contribution is 2.36. The maximum Gasteiger partial charge on any atom is 0.233 e. The molecule has 6 nitrogen and oxygen atoms in total. The van der Waals surface area contributed by atoms with Crippen LogP contribution in [0.15, 0.2) is 65.4 Å². The normalized spacial score (nSPS) is 15.5. The molecule has 0 N–H and O–H groups in total. The van der Waals surface area contributed by atoms with Gasteiger partial charge in [-0.2, -0.15) is 0 Å². The first-order valence-electron chi connectivity index (χ1n) is 11.1. The first kappa shape index (κ1) is 21.9. The summed E-state index contributed by atoms with van der Waals surface area (Å²) in [6.45, 7) is 5.00. The molecule has 0 saturated carbocycles. The Kier molecular flexibility index (Phi) is 6.28. The Hall–Kier alpha value is -2.97. The number of carbonyl (C=O) groups is 1. The maximum absolute atomic E-state index is 13.3. The smallest absolute Gasteiger partial charge is 0.233 e. The first-order valence-corrected chi connectivity index (χ1v) is 12.9. The molecular formula is C25H25N5OS2. The molecule has 4 aromatic rings. The number of nitrogens with zero attached hydrogens (tertiary/aromatic N) is 5. The van der Waals surface area contributed by atoms with Crippen molar-refractivity contribution >= 4 is 29.0 Å². The lowest BCUT2D eigenvalue weighted by Gasteiger charge is -2.35. The van der Waals surface area contributed by atoms with E-state index in [-0.39, 0.29) is 11.9 Å². The fraction of sp³-hybridized carbons (Fsp3) is 0.280. The summed E-state index contributed by atoms with van der Waals surface area (Å²) >= 11 is 3.24. The van der Waals surface area contributed by atoms with Crippen LogP contribution < -0.4 is 0 Å². The van der Waals surface area contributed by atoms with Crippen molar-refractivity contribution in [2.45, 2.75) is 37.9 Å². The van der Waals surface area contributed by atoms with Gasteiger partial charge in [0.1, 0.15) is 0 Å². The quantitative estimate of drug-likeness (QED) is 0.353. The number of fused-ring (bicyclic) bond motifs is 1. The van der Waals surface area contributed by atoms with Crippen molar-refractivity contribution in [1.82, 2.24) is 24.6 Å². The zero-order valence-electron chi connectivity index (χ0n) is 18.6. The molecular weight excluding hydrogens is 450 g/mol. The van der Waals surface area contributed by atoms with E-state index in [1.165, 1.54) is 22.2 Å². The molecule has 5 rings (SSSR count). The van der Waals surface area contributed by atoms with Crippen molar-refractivity contribution in [2.75, 3.05) is 12.3 Å². The molecule has 3 aromatic heterocycles. The number of benzene rings is 1. The average molecular weight is 476 g/mol. The SMILES string of the molecule is CCC1c2ccsc2CCN1C(=O)CSc1nnc(-c2cccnc2)n1-c1ccccc1C. The van der Waals surface area contributed by atoms with E-state index in [0.717, 1.165) is 42.0 Å². The lowest BCUT2D eigenvalue weighted by Crippen LogP contribution is -2.40. The predicted molar refractivity (Wildman–Crippen MR) is 133 cm³/mol. The number of aryl methyl sites for hydroxylation is 1. The average Bonchev–Trinajstić information content (AvgIpc) is 3.50. The molecule has 0 fully saturated rings. The number of rotatable bonds is 6. The van der Waals surface area contributed by atoms with Crippen LogP contribution in [0.1, 0.15) is 35.4 Å². The van der Waals surface area contributed by atoms with Gasteiger partial charge in [-0.25, -0.2) is 0 Å². The summed E-state index contributed by atoms with van der Waals surface area (Å²) in [5, 5.41) is 11.8. The summed E-state index contributed by atoms with van der Waals surface area (Å²) in [5.41, 5.74) is 4.32. The van der Waals surface area contributed by atoms with Gasteiger partial charge in [-0.05, 0) is 60.5 Å². The van der Waals surface area contributed by atoms with Crippen molar-refractivity contribution in [2.24, 2.45) is 0 Å². The van der Waals surface area contributed by atoms with Crippen LogP contribution in [-0.4, -0.2) is 42.9 Å². The van der Waals surface area contributed by atoms with Crippen molar-refractivity contribution in [1.29, 1.82) is 0 Å². The number of amides is 1. The molecule has 33 heavy (non-hydrogen) atoms. The monoisotopic (exact) mass is 475 g/mol. The van der Waals surface area contributed by atoms with Gasteiger partial charge >= 0.3 is 0 Å². The summed E-state index contributed by atoms with van der Waals surface area (Å²) in [5.74, 6) is 1.19. The summed E-state index contributed by atoms with van der Waals surface area (Å²) in [7, 11) is 0. The third-order valence-corrected chi connectivity index (χ3v) is 7.95. The lowest BCUT2D eigenvalue weighted by molar-refractivity contribution is -0.131. The minimum absolute atomic E-state index is 0.144. The van der Waals surface area contributed by atoms with Gasteiger partial charge in [0, 0.05) is 29.4 Å². The Labute approximate surface area is 201 Å². The van der Waals surface area contributed by atoms with Crippen LogP contribution in [-0.2, 0) is 11.2 Å². The zero-order valence-corrected chi connectivity index (χ0v) is 20.3. The van der Waals surface area contributed by atoms with E-state index in [1.54, 1.807) is 23.7 Å². The highest BCUT2D eigenvalue weighted by Gasteiger charge is 2.30. The number of hydrogen-bond acceptors (Lipinski definition) is 6. The summed E-state index contributed by atoms with van der Waals surface area (Å²) in [4.78, 5) is 21.0. The molecule has 1 aliphatic heterocycles. The predicted octanol–water partition coefficient (Wildman–Crippen LogP) is 5.33. The standard InChI is InChI=1S/C25H25N5OS2/c1-3-20-19-11-14-32-22(19)10-13-29(20)23(31)16-33-25-28-27-24(18-8-6-12-26-15-18)30(25)21-9-5-4-7-17(21)2/h4-9,11-12,14-15,20H,3,10,13,16H2,1-2H3. The Morgan fingerprint density at radius 3 is 2.85 bits per heavy atom. The first-order chi connectivity index (χ1) is 16.2. The fourth-order valence-corrected chi connectivity index (χ4v) is 6.18. The second-order valence-electron chi connectivity index (χ2n) is 8.02. The van der Waals surface area contributed by atoms with E-state index in [1.807, 2.05) is 33.7 Å². The van der Waals surface area contributed by atoms with Gasteiger partial charge in [0.05, 0.1) is 17.5 Å². The van der Waals surface area contributed by atoms with Crippen molar-refractivity contribution in [3.8, 4) is 17.1 Å². The van der Waals surface area contributed by atoms with E-state index < -0.39 is 0 Å². The lowest BCUT2D eigenvalue weighted by atomic mass is 9.98. The maximum atomic E-state index is 13.3. The van der Waals surface area contributed by atoms with Gasteiger partial charge in [0.15, 0.2) is 11.0 Å². The van der Waals surface area contributed by atoms with E-state index >= 15 is 0 Å². The molecule has 8 heteroatoms. The molecule has 1 amide bonds. The Bertz CT molecular complexity index is 1270. The van der Waals surface area contributed by atoms with Crippen LogP contribution in [0.2, 0.25) is 0 Å². The number of hydrogen-bond donors (Lipinski definition) is 0. The van der Waals surface area contributed by atoms with Crippen molar-refractivity contribution < 1.29 is 4.79 Å². The third kappa shape index (κ3) is 4.20. The number of para-hydroxylation sites is 1. The number of thioether (sulfide) groups is 1. The van der Waals surface area contributed by atoms with Crippen LogP contribution in [0, 0.1) is 6.92 Å². The number of carbonyl (C=O) groups excluding carboxylic acids is 1. The van der Waals surface area contributed by atoms with Gasteiger partial charge in [0.2, 0.25) is 5.91 Å². The molecule has 168 valence electrons. The van der Waals surface area contributed by atoms with Crippen LogP contribution in [0.5, 0.6) is 0 Å². The molecule has 1 aromatic carbocycles. The van der Waals surface area contributed by atoms with Crippen LogP contribution in [0.4, 0.5) is 0 Å². The second kappa shape index (κ2) is 9.49. The minimum atomic E-state index is 0.144. The zero-order chi connectivity index (χ0) is 22.8. The van der Waals surface area contributed by atoms with Crippen LogP contribution >= 0.6 is 23.1 Å². The van der Waals surface area contributed by atoms with Crippen molar-refractivity contribution in [3.63, 3.8) is 0 Å². The third-order valence-electron chi connectivity index (χ3n) is 6.04. The van der Waals surface area contributed by atoms with E-state index in [4.69, 9.17) is 0 Å². The van der Waals surface area contributed by atoms with E-state index in [2.05, 4.69) is 52.6 Å². The van der Waals surface area contributed by atoms with E-state index in [9.17, 15) is 4.79 Å². The van der Waals surface area contributed by atoms with Crippen LogP contribution in [0.3, 0.4) is 0 Å². The molecule has 0 radical (unpaired) electrons. The molecule has 1 atom stereocenters. The summed E-state index contributed by atoms with van der Waals surface area (Å²) in [6, 6.07) is 14.4. The van der Waals surface area contributed by atoms with Gasteiger partial charge in [-0.3, -0.25) is 14.3 Å². The molecule has 1 unspecified atom stereocenters. The largest absolute Gasteiger partial charge is 0.335 e. The Morgan fingerprint density at radius 2 is 2.06 bits per heavy atom. The number of aromatic nitrogens is 4. The van der Waals surface area contributed by atoms with Crippen LogP contribution in [0.25, 0.3) is 17.1 Å². The Balaban J connectivity index is 1.43. The van der Waals surface area contributed by atoms with Gasteiger partial charge in [-0.15, -0.1) is 21.5 Å². The Morgan fingerprint density at radius 1 is 1.18 bits per heavy atom. The summed E-state index contributed by atoms with van der Waals surface area (Å²) < 4.78 is 2.04. The van der Waals surface area contributed by atoms with E-state index in [0.29, 0.717) is 10.9 Å². The molecule has 4 heterocycles.